The van der Waals surface area contributed by atoms with E-state index in [1.165, 1.54) is 10.7 Å². The lowest BCUT2D eigenvalue weighted by molar-refractivity contribution is -0.116. The zero-order chi connectivity index (χ0) is 32.5. The van der Waals surface area contributed by atoms with Gasteiger partial charge in [0.2, 0.25) is 5.91 Å². The summed E-state index contributed by atoms with van der Waals surface area (Å²) in [4.78, 5) is 39.5. The Bertz CT molecular complexity index is 1670. The molecule has 0 saturated heterocycles. The molecule has 1 aromatic heterocycles. The first-order chi connectivity index (χ1) is 22.3. The number of esters is 1. The molecule has 0 spiro atoms. The Morgan fingerprint density at radius 2 is 1.74 bits per heavy atom. The summed E-state index contributed by atoms with van der Waals surface area (Å²) < 4.78 is 18.6. The van der Waals surface area contributed by atoms with Gasteiger partial charge in [-0.05, 0) is 68.1 Å². The molecule has 2 amide bonds. The smallest absolute Gasteiger partial charge is 0.358 e. The van der Waals surface area contributed by atoms with Crippen LogP contribution in [0, 0.1) is 6.92 Å². The Morgan fingerprint density at radius 1 is 0.978 bits per heavy atom. The van der Waals surface area contributed by atoms with Crippen molar-refractivity contribution in [2.24, 2.45) is 0 Å². The summed E-state index contributed by atoms with van der Waals surface area (Å²) in [6.45, 7) is 3.79. The molecule has 0 unspecified atom stereocenters. The minimum atomic E-state index is -0.686. The van der Waals surface area contributed by atoms with Crippen LogP contribution < -0.4 is 15.4 Å². The second-order valence-corrected chi connectivity index (χ2v) is 11.5. The molecule has 4 aromatic rings. The van der Waals surface area contributed by atoms with Crippen LogP contribution in [0.1, 0.15) is 64.7 Å². The average Bonchev–Trinajstić information content (AvgIpc) is 3.48. The van der Waals surface area contributed by atoms with Crippen LogP contribution in [0.4, 0.5) is 5.69 Å². The van der Waals surface area contributed by atoms with Crippen molar-refractivity contribution in [3.63, 3.8) is 0 Å². The van der Waals surface area contributed by atoms with Crippen molar-refractivity contribution >= 4 is 35.1 Å². The zero-order valence-electron chi connectivity index (χ0n) is 25.8. The molecule has 3 aromatic carbocycles. The number of halogens is 1. The maximum absolute atomic E-state index is 13.7. The number of amides is 2. The first-order valence-electron chi connectivity index (χ1n) is 15.3. The number of nitrogens with zero attached hydrogens (tertiary/aromatic N) is 2. The van der Waals surface area contributed by atoms with E-state index in [0.717, 1.165) is 36.8 Å². The van der Waals surface area contributed by atoms with Crippen LogP contribution in [0.2, 0.25) is 5.02 Å². The second-order valence-electron chi connectivity index (χ2n) is 11.0. The van der Waals surface area contributed by atoms with Gasteiger partial charge in [-0.2, -0.15) is 5.10 Å². The lowest BCUT2D eigenvalue weighted by Gasteiger charge is -2.32. The SMILES string of the molecule is CCOC(=O)c1cc(C(=O)N[C@H]2CCCC[C@@H]2OCc2ccccc2)n(CC(=O)Nc2ccccc2Oc2ccc(Cl)c(C)c2)n1. The number of rotatable bonds is 12. The Morgan fingerprint density at radius 3 is 2.52 bits per heavy atom. The van der Waals surface area contributed by atoms with E-state index in [9.17, 15) is 14.4 Å². The van der Waals surface area contributed by atoms with Crippen molar-refractivity contribution in [1.29, 1.82) is 0 Å². The molecule has 11 heteroatoms. The highest BCUT2D eigenvalue weighted by atomic mass is 35.5. The standard InChI is InChI=1S/C35H37ClN4O6/c1-3-44-35(43)29-20-30(34(42)38-27-13-7-9-15-31(27)45-22-24-11-5-4-6-12-24)40(39-29)21-33(41)37-28-14-8-10-16-32(28)46-25-17-18-26(36)23(2)19-25/h4-6,8,10-12,14,16-20,27,31H,3,7,9,13,15,21-22H2,1-2H3,(H,37,41)(H,38,42)/t27-,31-/m0/s1. The highest BCUT2D eigenvalue weighted by Crippen LogP contribution is 2.31. The number of carbonyl (C=O) groups is 3. The number of carbonyl (C=O) groups excluding carboxylic acids is 3. The van der Waals surface area contributed by atoms with Crippen molar-refractivity contribution in [1.82, 2.24) is 15.1 Å². The van der Waals surface area contributed by atoms with Gasteiger partial charge in [-0.3, -0.25) is 9.59 Å². The molecule has 46 heavy (non-hydrogen) atoms. The van der Waals surface area contributed by atoms with Crippen LogP contribution in [0.15, 0.2) is 78.9 Å². The van der Waals surface area contributed by atoms with E-state index in [0.29, 0.717) is 28.8 Å². The fourth-order valence-electron chi connectivity index (χ4n) is 5.30. The predicted molar refractivity (Wildman–Crippen MR) is 174 cm³/mol. The van der Waals surface area contributed by atoms with Gasteiger partial charge in [-0.25, -0.2) is 9.48 Å². The van der Waals surface area contributed by atoms with Gasteiger partial charge in [0.25, 0.3) is 5.91 Å². The molecule has 0 radical (unpaired) electrons. The summed E-state index contributed by atoms with van der Waals surface area (Å²) >= 11 is 6.15. The number of aryl methyl sites for hydroxylation is 1. The lowest BCUT2D eigenvalue weighted by atomic mass is 9.92. The lowest BCUT2D eigenvalue weighted by Crippen LogP contribution is -2.46. The summed E-state index contributed by atoms with van der Waals surface area (Å²) in [5, 5.41) is 10.8. The van der Waals surface area contributed by atoms with Gasteiger partial charge in [0.1, 0.15) is 18.0 Å². The van der Waals surface area contributed by atoms with Gasteiger partial charge in [0.15, 0.2) is 11.4 Å². The topological polar surface area (TPSA) is 121 Å². The van der Waals surface area contributed by atoms with Crippen LogP contribution in [-0.2, 0) is 27.4 Å². The molecular formula is C35H37ClN4O6. The van der Waals surface area contributed by atoms with E-state index in [2.05, 4.69) is 15.7 Å². The third-order valence-corrected chi connectivity index (χ3v) is 8.06. The molecule has 1 aliphatic rings. The molecule has 1 aliphatic carbocycles. The van der Waals surface area contributed by atoms with Crippen LogP contribution in [0.5, 0.6) is 11.5 Å². The number of nitrogens with one attached hydrogen (secondary N) is 2. The first kappa shape index (κ1) is 32.7. The van der Waals surface area contributed by atoms with E-state index in [1.54, 1.807) is 49.4 Å². The Labute approximate surface area is 273 Å². The number of benzene rings is 3. The second kappa shape index (κ2) is 15.6. The maximum atomic E-state index is 13.7. The minimum absolute atomic E-state index is 0.0618. The number of hydrogen-bond acceptors (Lipinski definition) is 7. The van der Waals surface area contributed by atoms with E-state index >= 15 is 0 Å². The molecule has 1 fully saturated rings. The Balaban J connectivity index is 1.31. The summed E-state index contributed by atoms with van der Waals surface area (Å²) in [7, 11) is 0. The maximum Gasteiger partial charge on any atom is 0.358 e. The van der Waals surface area contributed by atoms with Gasteiger partial charge in [0, 0.05) is 11.1 Å². The highest BCUT2D eigenvalue weighted by Gasteiger charge is 2.30. The van der Waals surface area contributed by atoms with E-state index in [4.69, 9.17) is 25.8 Å². The van der Waals surface area contributed by atoms with Crippen LogP contribution >= 0.6 is 11.6 Å². The third kappa shape index (κ3) is 8.52. The van der Waals surface area contributed by atoms with Gasteiger partial charge in [-0.1, -0.05) is 66.9 Å². The van der Waals surface area contributed by atoms with Crippen molar-refractivity contribution < 1.29 is 28.6 Å². The molecule has 0 aliphatic heterocycles. The predicted octanol–water partition coefficient (Wildman–Crippen LogP) is 6.71. The molecule has 1 heterocycles. The average molecular weight is 645 g/mol. The highest BCUT2D eigenvalue weighted by molar-refractivity contribution is 6.31. The molecule has 5 rings (SSSR count). The largest absolute Gasteiger partial charge is 0.461 e. The monoisotopic (exact) mass is 644 g/mol. The van der Waals surface area contributed by atoms with Crippen LogP contribution in [0.25, 0.3) is 0 Å². The van der Waals surface area contributed by atoms with E-state index in [1.807, 2.05) is 37.3 Å². The molecule has 1 saturated carbocycles. The minimum Gasteiger partial charge on any atom is -0.461 e. The van der Waals surface area contributed by atoms with Gasteiger partial charge >= 0.3 is 5.97 Å². The van der Waals surface area contributed by atoms with Crippen molar-refractivity contribution in [3.8, 4) is 11.5 Å². The molecule has 0 bridgehead atoms. The van der Waals surface area contributed by atoms with E-state index in [-0.39, 0.29) is 36.7 Å². The normalized spacial score (nSPS) is 16.0. The van der Waals surface area contributed by atoms with Gasteiger partial charge in [-0.15, -0.1) is 0 Å². The van der Waals surface area contributed by atoms with Crippen LogP contribution in [-0.4, -0.2) is 46.3 Å². The fourth-order valence-corrected chi connectivity index (χ4v) is 5.42. The number of ether oxygens (including phenoxy) is 3. The van der Waals surface area contributed by atoms with Crippen molar-refractivity contribution in [3.05, 3.63) is 106 Å². The Kier molecular flexibility index (Phi) is 11.1. The summed E-state index contributed by atoms with van der Waals surface area (Å²) in [5.74, 6) is -0.644. The molecule has 2 N–H and O–H groups in total. The summed E-state index contributed by atoms with van der Waals surface area (Å²) in [5.41, 5.74) is 2.32. The number of para-hydroxylation sites is 2. The van der Waals surface area contributed by atoms with Crippen molar-refractivity contribution in [2.45, 2.75) is 64.8 Å². The summed E-state index contributed by atoms with van der Waals surface area (Å²) in [6.07, 6.45) is 3.32. The third-order valence-electron chi connectivity index (χ3n) is 7.63. The molecular weight excluding hydrogens is 608 g/mol. The number of hydrogen-bond donors (Lipinski definition) is 2. The Hall–Kier alpha value is -4.67. The quantitative estimate of drug-likeness (QED) is 0.164. The molecule has 10 nitrogen and oxygen atoms in total. The number of anilines is 1. The number of aromatic nitrogens is 2. The fraction of sp³-hybridized carbons (Fsp3) is 0.314. The van der Waals surface area contributed by atoms with Crippen LogP contribution in [0.3, 0.4) is 0 Å². The molecule has 2 atom stereocenters. The molecule has 240 valence electrons. The van der Waals surface area contributed by atoms with Gasteiger partial charge < -0.3 is 24.8 Å². The van der Waals surface area contributed by atoms with E-state index < -0.39 is 17.8 Å². The van der Waals surface area contributed by atoms with Crippen molar-refractivity contribution in [2.75, 3.05) is 11.9 Å². The van der Waals surface area contributed by atoms with Gasteiger partial charge in [0.05, 0.1) is 31.0 Å². The zero-order valence-corrected chi connectivity index (χ0v) is 26.6. The first-order valence-corrected chi connectivity index (χ1v) is 15.7. The summed E-state index contributed by atoms with van der Waals surface area (Å²) in [6, 6.07) is 23.3.